The molecule has 9 heteroatoms. The van der Waals surface area contributed by atoms with Crippen molar-refractivity contribution < 1.29 is 9.47 Å². The number of aromatic nitrogens is 3. The van der Waals surface area contributed by atoms with Gasteiger partial charge in [-0.25, -0.2) is 0 Å². The number of rotatable bonds is 10. The second kappa shape index (κ2) is 14.2. The third kappa shape index (κ3) is 8.29. The molecule has 0 fully saturated rings. The number of fused-ring (bicyclic) bond motifs is 1. The number of nitrogens with one attached hydrogen (secondary N) is 2. The molecule has 1 aliphatic heterocycles. The highest BCUT2D eigenvalue weighted by Gasteiger charge is 2.14. The molecular formula is C22H35IN6O2. The van der Waals surface area contributed by atoms with Gasteiger partial charge in [-0.05, 0) is 31.4 Å². The van der Waals surface area contributed by atoms with E-state index in [1.807, 2.05) is 24.3 Å². The predicted molar refractivity (Wildman–Crippen MR) is 135 cm³/mol. The van der Waals surface area contributed by atoms with E-state index in [4.69, 9.17) is 9.47 Å². The van der Waals surface area contributed by atoms with Crippen LogP contribution in [0.15, 0.2) is 29.3 Å². The first-order valence-electron chi connectivity index (χ1n) is 10.9. The summed E-state index contributed by atoms with van der Waals surface area (Å²) >= 11 is 0. The van der Waals surface area contributed by atoms with E-state index in [1.54, 1.807) is 14.2 Å². The maximum absolute atomic E-state index is 5.76. The third-order valence-electron chi connectivity index (χ3n) is 5.14. The normalized spacial score (nSPS) is 13.7. The molecule has 0 aliphatic carbocycles. The third-order valence-corrected chi connectivity index (χ3v) is 5.14. The predicted octanol–water partition coefficient (Wildman–Crippen LogP) is 3.66. The minimum atomic E-state index is 0. The van der Waals surface area contributed by atoms with Crippen molar-refractivity contribution in [2.24, 2.45) is 4.99 Å². The quantitative estimate of drug-likeness (QED) is 0.206. The molecule has 0 bridgehead atoms. The van der Waals surface area contributed by atoms with Crippen molar-refractivity contribution in [3.8, 4) is 5.75 Å². The number of ether oxygens (including phenoxy) is 2. The van der Waals surface area contributed by atoms with Crippen LogP contribution in [0.2, 0.25) is 0 Å². The maximum atomic E-state index is 5.76. The molecule has 0 unspecified atom stereocenters. The molecule has 1 aliphatic rings. The van der Waals surface area contributed by atoms with Gasteiger partial charge in [-0.2, -0.15) is 0 Å². The Morgan fingerprint density at radius 3 is 2.90 bits per heavy atom. The number of hydrogen-bond donors (Lipinski definition) is 2. The highest BCUT2D eigenvalue weighted by molar-refractivity contribution is 14.0. The average molecular weight is 542 g/mol. The average Bonchev–Trinajstić information content (AvgIpc) is 2.99. The molecule has 2 heterocycles. The number of anilines is 1. The van der Waals surface area contributed by atoms with Crippen molar-refractivity contribution in [1.82, 2.24) is 20.1 Å². The number of hydrogen-bond acceptors (Lipinski definition) is 5. The van der Waals surface area contributed by atoms with Crippen LogP contribution in [-0.4, -0.2) is 54.6 Å². The van der Waals surface area contributed by atoms with Crippen LogP contribution < -0.4 is 15.4 Å². The van der Waals surface area contributed by atoms with Gasteiger partial charge in [0.2, 0.25) is 0 Å². The standard InChI is InChI=1S/C22H34N6O2.HI/c1-23-22(25-18-9-6-10-19(17-18)30-16-8-15-29-2)24-13-7-12-21-27-26-20-11-4-3-5-14-28(20)21;/h6,9-10,17H,3-5,7-8,11-16H2,1-2H3,(H2,23,24,25);1H. The number of aryl methyl sites for hydroxylation is 2. The van der Waals surface area contributed by atoms with Crippen molar-refractivity contribution in [3.63, 3.8) is 0 Å². The van der Waals surface area contributed by atoms with Crippen molar-refractivity contribution >= 4 is 35.6 Å². The Labute approximate surface area is 202 Å². The van der Waals surface area contributed by atoms with Gasteiger partial charge >= 0.3 is 0 Å². The monoisotopic (exact) mass is 542 g/mol. The summed E-state index contributed by atoms with van der Waals surface area (Å²) in [5.74, 6) is 3.83. The molecule has 0 saturated carbocycles. The molecule has 2 aromatic rings. The van der Waals surface area contributed by atoms with Crippen LogP contribution in [0.25, 0.3) is 0 Å². The first-order valence-corrected chi connectivity index (χ1v) is 10.9. The smallest absolute Gasteiger partial charge is 0.195 e. The van der Waals surface area contributed by atoms with Gasteiger partial charge in [-0.15, -0.1) is 34.2 Å². The van der Waals surface area contributed by atoms with E-state index >= 15 is 0 Å². The van der Waals surface area contributed by atoms with Gasteiger partial charge < -0.3 is 24.7 Å². The maximum Gasteiger partial charge on any atom is 0.195 e. The van der Waals surface area contributed by atoms with Crippen molar-refractivity contribution in [2.75, 3.05) is 39.2 Å². The first-order chi connectivity index (χ1) is 14.8. The largest absolute Gasteiger partial charge is 0.493 e. The van der Waals surface area contributed by atoms with E-state index in [1.165, 1.54) is 19.3 Å². The van der Waals surface area contributed by atoms with E-state index in [0.717, 1.165) is 67.8 Å². The Hall–Kier alpha value is -1.88. The molecule has 1 aromatic carbocycles. The Kier molecular flexibility index (Phi) is 11.7. The number of halogens is 1. The molecule has 1 aromatic heterocycles. The number of methoxy groups -OCH3 is 1. The zero-order valence-corrected chi connectivity index (χ0v) is 20.9. The zero-order valence-electron chi connectivity index (χ0n) is 18.6. The fourth-order valence-electron chi connectivity index (χ4n) is 3.56. The Bertz CT molecular complexity index is 811. The second-order valence-electron chi connectivity index (χ2n) is 7.44. The van der Waals surface area contributed by atoms with Gasteiger partial charge in [0, 0.05) is 64.9 Å². The first kappa shape index (κ1) is 25.4. The van der Waals surface area contributed by atoms with Gasteiger partial charge in [0.15, 0.2) is 5.96 Å². The minimum absolute atomic E-state index is 0. The summed E-state index contributed by atoms with van der Waals surface area (Å²) in [6.45, 7) is 3.20. The fourth-order valence-corrected chi connectivity index (χ4v) is 3.56. The summed E-state index contributed by atoms with van der Waals surface area (Å²) in [7, 11) is 3.48. The number of benzene rings is 1. The van der Waals surface area contributed by atoms with Crippen LogP contribution >= 0.6 is 24.0 Å². The van der Waals surface area contributed by atoms with Crippen LogP contribution in [0.5, 0.6) is 5.75 Å². The molecule has 8 nitrogen and oxygen atoms in total. The zero-order chi connectivity index (χ0) is 21.0. The lowest BCUT2D eigenvalue weighted by Crippen LogP contribution is -2.31. The lowest BCUT2D eigenvalue weighted by atomic mass is 10.2. The lowest BCUT2D eigenvalue weighted by molar-refractivity contribution is 0.172. The summed E-state index contributed by atoms with van der Waals surface area (Å²) in [6, 6.07) is 7.90. The van der Waals surface area contributed by atoms with Crippen LogP contribution in [0.4, 0.5) is 5.69 Å². The highest BCUT2D eigenvalue weighted by Crippen LogP contribution is 2.18. The van der Waals surface area contributed by atoms with Gasteiger partial charge in [0.1, 0.15) is 17.4 Å². The lowest BCUT2D eigenvalue weighted by Gasteiger charge is -2.13. The summed E-state index contributed by atoms with van der Waals surface area (Å²) in [6.07, 6.45) is 7.54. The van der Waals surface area contributed by atoms with E-state index in [-0.39, 0.29) is 24.0 Å². The summed E-state index contributed by atoms with van der Waals surface area (Å²) in [4.78, 5) is 4.32. The molecule has 0 saturated heterocycles. The second-order valence-corrected chi connectivity index (χ2v) is 7.44. The summed E-state index contributed by atoms with van der Waals surface area (Å²) < 4.78 is 13.1. The van der Waals surface area contributed by atoms with Gasteiger partial charge in [0.25, 0.3) is 0 Å². The molecule has 3 rings (SSSR count). The summed E-state index contributed by atoms with van der Waals surface area (Å²) in [5, 5.41) is 15.5. The van der Waals surface area contributed by atoms with Gasteiger partial charge in [0.05, 0.1) is 6.61 Å². The molecular weight excluding hydrogens is 507 g/mol. The molecule has 31 heavy (non-hydrogen) atoms. The van der Waals surface area contributed by atoms with Crippen molar-refractivity contribution in [1.29, 1.82) is 0 Å². The van der Waals surface area contributed by atoms with Crippen LogP contribution in [0.3, 0.4) is 0 Å². The van der Waals surface area contributed by atoms with E-state index in [0.29, 0.717) is 13.2 Å². The highest BCUT2D eigenvalue weighted by atomic mass is 127. The SMILES string of the molecule is CN=C(NCCCc1nnc2n1CCCCC2)Nc1cccc(OCCCOC)c1.I. The minimum Gasteiger partial charge on any atom is -0.493 e. The van der Waals surface area contributed by atoms with Crippen LogP contribution in [0.1, 0.15) is 43.8 Å². The molecule has 0 amide bonds. The molecule has 172 valence electrons. The molecule has 2 N–H and O–H groups in total. The van der Waals surface area contributed by atoms with Crippen LogP contribution in [0, 0.1) is 0 Å². The Balaban J connectivity index is 0.00000341. The topological polar surface area (TPSA) is 85.6 Å². The molecule has 0 atom stereocenters. The van der Waals surface area contributed by atoms with Crippen molar-refractivity contribution in [3.05, 3.63) is 35.9 Å². The Morgan fingerprint density at radius 1 is 1.16 bits per heavy atom. The van der Waals surface area contributed by atoms with E-state index < -0.39 is 0 Å². The van der Waals surface area contributed by atoms with Gasteiger partial charge in [-0.1, -0.05) is 12.5 Å². The van der Waals surface area contributed by atoms with Crippen LogP contribution in [-0.2, 0) is 24.1 Å². The van der Waals surface area contributed by atoms with E-state index in [9.17, 15) is 0 Å². The van der Waals surface area contributed by atoms with Gasteiger partial charge in [-0.3, -0.25) is 4.99 Å². The number of nitrogens with zero attached hydrogens (tertiary/aromatic N) is 4. The Morgan fingerprint density at radius 2 is 2.06 bits per heavy atom. The van der Waals surface area contributed by atoms with E-state index in [2.05, 4.69) is 30.4 Å². The fraction of sp³-hybridized carbons (Fsp3) is 0.591. The summed E-state index contributed by atoms with van der Waals surface area (Å²) in [5.41, 5.74) is 0.940. The number of guanidine groups is 1. The van der Waals surface area contributed by atoms with Crippen molar-refractivity contribution in [2.45, 2.75) is 51.5 Å². The molecule has 0 radical (unpaired) electrons. The molecule has 0 spiro atoms. The number of aliphatic imine (C=N–C) groups is 1.